The second-order valence-corrected chi connectivity index (χ2v) is 7.99. The number of ether oxygens (including phenoxy) is 2. The van der Waals surface area contributed by atoms with Crippen LogP contribution in [0.25, 0.3) is 16.9 Å². The first-order chi connectivity index (χ1) is 15.9. The summed E-state index contributed by atoms with van der Waals surface area (Å²) in [5.74, 6) is 1.45. The molecule has 7 heteroatoms. The molecule has 0 amide bonds. The van der Waals surface area contributed by atoms with Crippen LogP contribution in [-0.4, -0.2) is 29.7 Å². The van der Waals surface area contributed by atoms with Gasteiger partial charge in [0.05, 0.1) is 42.6 Å². The first-order valence-corrected chi connectivity index (χ1v) is 10.7. The molecule has 0 aliphatic rings. The minimum Gasteiger partial charge on any atom is -0.497 e. The lowest BCUT2D eigenvalue weighted by atomic mass is 10.0. The first-order valence-electron chi connectivity index (χ1n) is 10.4. The lowest BCUT2D eigenvalue weighted by Gasteiger charge is -2.06. The molecule has 6 nitrogen and oxygen atoms in total. The molecule has 4 aromatic rings. The normalized spacial score (nSPS) is 11.5. The van der Waals surface area contributed by atoms with Crippen molar-refractivity contribution >= 4 is 23.0 Å². The minimum atomic E-state index is -0.196. The lowest BCUT2D eigenvalue weighted by Crippen LogP contribution is -2.19. The summed E-state index contributed by atoms with van der Waals surface area (Å²) >= 11 is 6.09. The molecule has 0 aliphatic carbocycles. The van der Waals surface area contributed by atoms with Crippen LogP contribution < -0.4 is 15.0 Å². The number of aliphatic imine (C=N–C) groups is 1. The number of aryl methyl sites for hydroxylation is 1. The maximum Gasteiger partial charge on any atom is 0.280 e. The highest BCUT2D eigenvalue weighted by atomic mass is 35.5. The topological polar surface area (TPSA) is 68.6 Å². The molecule has 0 bridgehead atoms. The summed E-state index contributed by atoms with van der Waals surface area (Å²) in [6.07, 6.45) is 0. The van der Waals surface area contributed by atoms with Crippen molar-refractivity contribution in [2.75, 3.05) is 14.2 Å². The van der Waals surface area contributed by atoms with Gasteiger partial charge in [-0.05, 0) is 86.1 Å². The van der Waals surface area contributed by atoms with Crippen LogP contribution in [0.3, 0.4) is 0 Å². The van der Waals surface area contributed by atoms with E-state index in [1.807, 2.05) is 74.5 Å². The Hall–Kier alpha value is -3.77. The monoisotopic (exact) mass is 461 g/mol. The van der Waals surface area contributed by atoms with Crippen LogP contribution in [0.1, 0.15) is 18.1 Å². The highest BCUT2D eigenvalue weighted by molar-refractivity contribution is 6.30. The zero-order valence-electron chi connectivity index (χ0n) is 18.8. The van der Waals surface area contributed by atoms with Crippen molar-refractivity contribution in [1.29, 1.82) is 0 Å². The largest absolute Gasteiger partial charge is 0.497 e. The zero-order chi connectivity index (χ0) is 23.5. The molecule has 3 aromatic carbocycles. The van der Waals surface area contributed by atoms with Crippen LogP contribution in [-0.2, 0) is 0 Å². The van der Waals surface area contributed by atoms with Gasteiger partial charge in [0.15, 0.2) is 0 Å². The maximum atomic E-state index is 13.6. The number of hydrogen-bond donors (Lipinski definition) is 1. The average molecular weight is 462 g/mol. The molecule has 0 fully saturated rings. The summed E-state index contributed by atoms with van der Waals surface area (Å²) in [5.41, 5.74) is 4.79. The minimum absolute atomic E-state index is 0.196. The Morgan fingerprint density at radius 1 is 0.939 bits per heavy atom. The summed E-state index contributed by atoms with van der Waals surface area (Å²) in [4.78, 5) is 18.4. The van der Waals surface area contributed by atoms with Crippen LogP contribution >= 0.6 is 11.6 Å². The fourth-order valence-electron chi connectivity index (χ4n) is 3.63. The van der Waals surface area contributed by atoms with Gasteiger partial charge in [-0.2, -0.15) is 0 Å². The van der Waals surface area contributed by atoms with Crippen LogP contribution in [0, 0.1) is 6.92 Å². The van der Waals surface area contributed by atoms with Gasteiger partial charge in [0.2, 0.25) is 0 Å². The van der Waals surface area contributed by atoms with Crippen molar-refractivity contribution in [1.82, 2.24) is 9.78 Å². The number of rotatable bonds is 6. The van der Waals surface area contributed by atoms with E-state index in [1.165, 1.54) is 4.68 Å². The van der Waals surface area contributed by atoms with E-state index in [0.717, 1.165) is 22.6 Å². The Labute approximate surface area is 197 Å². The SMILES string of the molecule is COc1ccc(-c2[nH]n(-c3ccc(OC)cc3)c(=O)c2C(C)=Nc2ccc(Cl)cc2C)cc1. The third-order valence-electron chi connectivity index (χ3n) is 5.41. The van der Waals surface area contributed by atoms with Gasteiger partial charge in [0.1, 0.15) is 11.5 Å². The molecule has 0 radical (unpaired) electrons. The molecule has 0 saturated heterocycles. The molecule has 1 aromatic heterocycles. The fraction of sp³-hybridized carbons (Fsp3) is 0.154. The van der Waals surface area contributed by atoms with Crippen LogP contribution in [0.15, 0.2) is 76.5 Å². The van der Waals surface area contributed by atoms with E-state index in [9.17, 15) is 4.79 Å². The molecule has 0 aliphatic heterocycles. The number of aromatic nitrogens is 2. The third-order valence-corrected chi connectivity index (χ3v) is 5.64. The molecule has 4 rings (SSSR count). The number of nitrogens with one attached hydrogen (secondary N) is 1. The van der Waals surface area contributed by atoms with E-state index < -0.39 is 0 Å². The molecule has 0 saturated carbocycles. The van der Waals surface area contributed by atoms with Crippen LogP contribution in [0.4, 0.5) is 5.69 Å². The molecular weight excluding hydrogens is 438 g/mol. The third kappa shape index (κ3) is 4.56. The average Bonchev–Trinajstić information content (AvgIpc) is 3.18. The smallest absolute Gasteiger partial charge is 0.280 e. The predicted molar refractivity (Wildman–Crippen MR) is 133 cm³/mol. The van der Waals surface area contributed by atoms with Gasteiger partial charge in [-0.1, -0.05) is 11.6 Å². The Morgan fingerprint density at radius 2 is 1.55 bits per heavy atom. The summed E-state index contributed by atoms with van der Waals surface area (Å²) < 4.78 is 12.0. The van der Waals surface area contributed by atoms with Crippen molar-refractivity contribution < 1.29 is 9.47 Å². The quantitative estimate of drug-likeness (QED) is 0.360. The van der Waals surface area contributed by atoms with E-state index in [4.69, 9.17) is 26.1 Å². The van der Waals surface area contributed by atoms with Crippen molar-refractivity contribution in [2.24, 2.45) is 4.99 Å². The van der Waals surface area contributed by atoms with Gasteiger partial charge < -0.3 is 9.47 Å². The Balaban J connectivity index is 1.90. The van der Waals surface area contributed by atoms with Crippen LogP contribution in [0.2, 0.25) is 5.02 Å². The number of halogens is 1. The van der Waals surface area contributed by atoms with E-state index in [1.54, 1.807) is 20.3 Å². The van der Waals surface area contributed by atoms with E-state index in [-0.39, 0.29) is 5.56 Å². The van der Waals surface area contributed by atoms with E-state index >= 15 is 0 Å². The number of hydrogen-bond acceptors (Lipinski definition) is 4. The Morgan fingerprint density at radius 3 is 2.12 bits per heavy atom. The molecule has 0 atom stereocenters. The van der Waals surface area contributed by atoms with Crippen molar-refractivity contribution in [3.05, 3.63) is 93.2 Å². The summed E-state index contributed by atoms with van der Waals surface area (Å²) in [6, 6.07) is 20.3. The Bertz CT molecular complexity index is 1370. The molecule has 168 valence electrons. The zero-order valence-corrected chi connectivity index (χ0v) is 19.6. The van der Waals surface area contributed by atoms with Crippen LogP contribution in [0.5, 0.6) is 11.5 Å². The highest BCUT2D eigenvalue weighted by Gasteiger charge is 2.20. The van der Waals surface area contributed by atoms with E-state index in [0.29, 0.717) is 33.4 Å². The number of nitrogens with zero attached hydrogens (tertiary/aromatic N) is 2. The summed E-state index contributed by atoms with van der Waals surface area (Å²) in [5, 5.41) is 3.91. The molecule has 33 heavy (non-hydrogen) atoms. The molecule has 0 unspecified atom stereocenters. The Kier molecular flexibility index (Phi) is 6.38. The lowest BCUT2D eigenvalue weighted by molar-refractivity contribution is 0.414. The van der Waals surface area contributed by atoms with Gasteiger partial charge >= 0.3 is 0 Å². The van der Waals surface area contributed by atoms with Gasteiger partial charge in [0, 0.05) is 10.6 Å². The summed E-state index contributed by atoms with van der Waals surface area (Å²) in [6.45, 7) is 3.78. The number of aromatic amines is 1. The van der Waals surface area contributed by atoms with Crippen molar-refractivity contribution in [2.45, 2.75) is 13.8 Å². The summed E-state index contributed by atoms with van der Waals surface area (Å²) in [7, 11) is 3.22. The fourth-order valence-corrected chi connectivity index (χ4v) is 3.86. The van der Waals surface area contributed by atoms with Gasteiger partial charge in [-0.3, -0.25) is 14.9 Å². The van der Waals surface area contributed by atoms with E-state index in [2.05, 4.69) is 5.10 Å². The van der Waals surface area contributed by atoms with Crippen molar-refractivity contribution in [3.8, 4) is 28.4 Å². The number of methoxy groups -OCH3 is 2. The first kappa shape index (κ1) is 22.4. The highest BCUT2D eigenvalue weighted by Crippen LogP contribution is 2.27. The van der Waals surface area contributed by atoms with Gasteiger partial charge in [0.25, 0.3) is 5.56 Å². The second kappa shape index (κ2) is 9.38. The number of benzene rings is 3. The molecule has 1 heterocycles. The standard InChI is InChI=1S/C26H24ClN3O3/c1-16-15-19(27)7-14-23(16)28-17(2)24-25(18-5-10-21(32-3)11-6-18)29-30(26(24)31)20-8-12-22(33-4)13-9-20/h5-15,29H,1-4H3. The number of H-pyrrole nitrogens is 1. The van der Waals surface area contributed by atoms with Gasteiger partial charge in [-0.25, -0.2) is 4.68 Å². The predicted octanol–water partition coefficient (Wildman–Crippen LogP) is 5.95. The van der Waals surface area contributed by atoms with Gasteiger partial charge in [-0.15, -0.1) is 0 Å². The maximum absolute atomic E-state index is 13.6. The molecular formula is C26H24ClN3O3. The molecule has 1 N–H and O–H groups in total. The molecule has 0 spiro atoms. The van der Waals surface area contributed by atoms with Crippen molar-refractivity contribution in [3.63, 3.8) is 0 Å². The second-order valence-electron chi connectivity index (χ2n) is 7.56.